The third-order valence-electron chi connectivity index (χ3n) is 6.45. The maximum Gasteiger partial charge on any atom is 0.323 e. The summed E-state index contributed by atoms with van der Waals surface area (Å²) in [6.45, 7) is 1.11. The molecule has 4 aromatic rings. The molecule has 3 aromatic heterocycles. The lowest BCUT2D eigenvalue weighted by Crippen LogP contribution is -2.43. The van der Waals surface area contributed by atoms with Gasteiger partial charge in [0.25, 0.3) is 0 Å². The van der Waals surface area contributed by atoms with Crippen LogP contribution >= 0.6 is 0 Å². The van der Waals surface area contributed by atoms with Crippen molar-refractivity contribution in [2.75, 3.05) is 35.3 Å². The van der Waals surface area contributed by atoms with Crippen LogP contribution in [0.15, 0.2) is 55.0 Å². The molecule has 2 fully saturated rings. The molecule has 2 bridgehead atoms. The zero-order chi connectivity index (χ0) is 24.5. The van der Waals surface area contributed by atoms with Gasteiger partial charge < -0.3 is 20.3 Å². The van der Waals surface area contributed by atoms with Crippen molar-refractivity contribution in [1.82, 2.24) is 24.7 Å². The molecule has 2 amide bonds. The number of carbonyl (C=O) groups is 1. The van der Waals surface area contributed by atoms with Crippen molar-refractivity contribution < 1.29 is 13.9 Å². The number of hydrogen-bond donors (Lipinski definition) is 2. The Bertz CT molecular complexity index is 1370. The number of alkyl halides is 1. The Balaban J connectivity index is 1.28. The van der Waals surface area contributed by atoms with Crippen LogP contribution in [0, 0.1) is 0 Å². The Morgan fingerprint density at radius 3 is 2.39 bits per heavy atom. The van der Waals surface area contributed by atoms with E-state index >= 15 is 0 Å². The number of urea groups is 1. The highest BCUT2D eigenvalue weighted by molar-refractivity contribution is 5.99. The number of benzene rings is 1. The molecule has 184 valence electrons. The molecular formula is C25H25FN8O2. The monoisotopic (exact) mass is 488 g/mol. The van der Waals surface area contributed by atoms with E-state index in [-0.39, 0.29) is 24.8 Å². The van der Waals surface area contributed by atoms with E-state index in [1.54, 1.807) is 47.5 Å². The third-order valence-corrected chi connectivity index (χ3v) is 6.45. The maximum absolute atomic E-state index is 13.2. The van der Waals surface area contributed by atoms with Gasteiger partial charge >= 0.3 is 6.03 Å². The van der Waals surface area contributed by atoms with E-state index in [1.807, 2.05) is 12.1 Å². The fourth-order valence-corrected chi connectivity index (χ4v) is 4.77. The first-order valence-electron chi connectivity index (χ1n) is 11.9. The van der Waals surface area contributed by atoms with Gasteiger partial charge in [-0.3, -0.25) is 4.98 Å². The predicted octanol–water partition coefficient (Wildman–Crippen LogP) is 3.87. The quantitative estimate of drug-likeness (QED) is 0.424. The van der Waals surface area contributed by atoms with Crippen LogP contribution in [0.3, 0.4) is 0 Å². The van der Waals surface area contributed by atoms with E-state index < -0.39 is 6.67 Å². The number of anilines is 3. The molecule has 10 nitrogen and oxygen atoms in total. The minimum Gasteiger partial charge on any atom is -0.371 e. The summed E-state index contributed by atoms with van der Waals surface area (Å²) >= 11 is 0. The fourth-order valence-electron chi connectivity index (χ4n) is 4.77. The summed E-state index contributed by atoms with van der Waals surface area (Å²) in [6, 6.07) is 10.4. The van der Waals surface area contributed by atoms with Crippen molar-refractivity contribution >= 4 is 34.3 Å². The van der Waals surface area contributed by atoms with Crippen LogP contribution in [0.25, 0.3) is 22.4 Å². The van der Waals surface area contributed by atoms with Gasteiger partial charge in [0.15, 0.2) is 11.5 Å². The molecule has 0 aliphatic carbocycles. The van der Waals surface area contributed by atoms with Gasteiger partial charge in [-0.2, -0.15) is 5.10 Å². The zero-order valence-corrected chi connectivity index (χ0v) is 19.5. The van der Waals surface area contributed by atoms with E-state index in [4.69, 9.17) is 14.7 Å². The molecule has 0 saturated carbocycles. The molecule has 2 aliphatic heterocycles. The number of pyridine rings is 1. The molecular weight excluding hydrogens is 463 g/mol. The number of carbonyl (C=O) groups excluding carboxylic acids is 1. The second-order valence-corrected chi connectivity index (χ2v) is 8.92. The first-order valence-corrected chi connectivity index (χ1v) is 11.9. The standard InChI is InChI=1S/C25H25FN8O2/c26-9-12-34-24-21(13-28-34)23(33-14-19-5-6-20(15-33)36-19)31-22(32-24)16-1-3-17(4-2-16)29-25(35)30-18-7-10-27-11-8-18/h1-4,7-8,10-11,13,19-20H,5-6,9,12,14-15H2,(H2,27,29,30,35). The molecule has 5 heterocycles. The lowest BCUT2D eigenvalue weighted by atomic mass is 10.2. The number of halogens is 1. The number of fused-ring (bicyclic) bond motifs is 3. The van der Waals surface area contributed by atoms with Crippen LogP contribution < -0.4 is 15.5 Å². The Hall–Kier alpha value is -4.12. The third kappa shape index (κ3) is 4.44. The fraction of sp³-hybridized carbons (Fsp3) is 0.320. The topological polar surface area (TPSA) is 110 Å². The number of amides is 2. The van der Waals surface area contributed by atoms with Gasteiger partial charge in [0, 0.05) is 42.4 Å². The molecule has 2 N–H and O–H groups in total. The maximum atomic E-state index is 13.2. The highest BCUT2D eigenvalue weighted by Crippen LogP contribution is 2.33. The Morgan fingerprint density at radius 1 is 1.00 bits per heavy atom. The Labute approximate surface area is 206 Å². The molecule has 6 rings (SSSR count). The van der Waals surface area contributed by atoms with Crippen molar-refractivity contribution in [1.29, 1.82) is 0 Å². The normalized spacial score (nSPS) is 19.0. The number of nitrogens with zero attached hydrogens (tertiary/aromatic N) is 6. The van der Waals surface area contributed by atoms with Crippen LogP contribution in [0.1, 0.15) is 12.8 Å². The number of aryl methyl sites for hydroxylation is 1. The van der Waals surface area contributed by atoms with Crippen LogP contribution in [-0.4, -0.2) is 62.7 Å². The zero-order valence-electron chi connectivity index (χ0n) is 19.5. The van der Waals surface area contributed by atoms with Gasteiger partial charge in [-0.15, -0.1) is 0 Å². The van der Waals surface area contributed by atoms with E-state index in [1.165, 1.54) is 0 Å². The number of hydrogen-bond acceptors (Lipinski definition) is 7. The summed E-state index contributed by atoms with van der Waals surface area (Å²) in [4.78, 5) is 28.1. The van der Waals surface area contributed by atoms with Crippen molar-refractivity contribution in [3.63, 3.8) is 0 Å². The van der Waals surface area contributed by atoms with Crippen LogP contribution in [0.2, 0.25) is 0 Å². The smallest absolute Gasteiger partial charge is 0.323 e. The molecule has 0 spiro atoms. The Kier molecular flexibility index (Phi) is 5.90. The summed E-state index contributed by atoms with van der Waals surface area (Å²) in [5.41, 5.74) is 2.65. The average Bonchev–Trinajstić information content (AvgIpc) is 3.46. The molecule has 2 saturated heterocycles. The van der Waals surface area contributed by atoms with Crippen molar-refractivity contribution in [3.05, 3.63) is 55.0 Å². The van der Waals surface area contributed by atoms with Crippen molar-refractivity contribution in [2.24, 2.45) is 0 Å². The molecule has 2 atom stereocenters. The summed E-state index contributed by atoms with van der Waals surface area (Å²) in [5, 5.41) is 10.7. The highest BCUT2D eigenvalue weighted by Gasteiger charge is 2.35. The number of nitrogens with one attached hydrogen (secondary N) is 2. The van der Waals surface area contributed by atoms with Crippen LogP contribution in [-0.2, 0) is 11.3 Å². The molecule has 1 aromatic carbocycles. The van der Waals surface area contributed by atoms with Crippen LogP contribution in [0.4, 0.5) is 26.4 Å². The highest BCUT2D eigenvalue weighted by atomic mass is 19.1. The molecule has 0 radical (unpaired) electrons. The second kappa shape index (κ2) is 9.50. The van der Waals surface area contributed by atoms with Gasteiger partial charge in [0.1, 0.15) is 12.5 Å². The molecule has 2 unspecified atom stereocenters. The average molecular weight is 489 g/mol. The summed E-state index contributed by atoms with van der Waals surface area (Å²) in [7, 11) is 0. The minimum atomic E-state index is -0.533. The first kappa shape index (κ1) is 22.4. The van der Waals surface area contributed by atoms with E-state index in [0.717, 1.165) is 42.7 Å². The largest absolute Gasteiger partial charge is 0.371 e. The Morgan fingerprint density at radius 2 is 1.69 bits per heavy atom. The van der Waals surface area contributed by atoms with Crippen LogP contribution in [0.5, 0.6) is 0 Å². The van der Waals surface area contributed by atoms with Gasteiger partial charge in [-0.1, -0.05) is 0 Å². The first-order chi connectivity index (χ1) is 17.7. The van der Waals surface area contributed by atoms with Crippen molar-refractivity contribution in [2.45, 2.75) is 31.6 Å². The van der Waals surface area contributed by atoms with Crippen molar-refractivity contribution in [3.8, 4) is 11.4 Å². The summed E-state index contributed by atoms with van der Waals surface area (Å²) in [6.07, 6.45) is 7.42. The van der Waals surface area contributed by atoms with Gasteiger partial charge in [0.05, 0.1) is 30.3 Å². The summed E-state index contributed by atoms with van der Waals surface area (Å²) in [5.74, 6) is 1.31. The van der Waals surface area contributed by atoms with Gasteiger partial charge in [-0.05, 0) is 49.2 Å². The lowest BCUT2D eigenvalue weighted by molar-refractivity contribution is 0.0303. The number of rotatable bonds is 6. The second-order valence-electron chi connectivity index (χ2n) is 8.92. The minimum absolute atomic E-state index is 0.128. The number of ether oxygens (including phenoxy) is 1. The van der Waals surface area contributed by atoms with Gasteiger partial charge in [0.2, 0.25) is 0 Å². The summed E-state index contributed by atoms with van der Waals surface area (Å²) < 4.78 is 20.8. The van der Waals surface area contributed by atoms with E-state index in [2.05, 4.69) is 25.6 Å². The lowest BCUT2D eigenvalue weighted by Gasteiger charge is -2.33. The molecule has 2 aliphatic rings. The number of morpholine rings is 1. The molecule has 36 heavy (non-hydrogen) atoms. The van der Waals surface area contributed by atoms with Gasteiger partial charge in [-0.25, -0.2) is 23.8 Å². The van der Waals surface area contributed by atoms with E-state index in [9.17, 15) is 9.18 Å². The predicted molar refractivity (Wildman–Crippen MR) is 134 cm³/mol. The SMILES string of the molecule is O=C(Nc1ccncc1)Nc1ccc(-c2nc(N3CC4CCC(C3)O4)c3cnn(CCF)c3n2)cc1. The molecule has 11 heteroatoms. The van der Waals surface area contributed by atoms with E-state index in [0.29, 0.717) is 22.8 Å². The number of aromatic nitrogens is 5.